The zero-order valence-electron chi connectivity index (χ0n) is 14.8. The molecule has 0 spiro atoms. The Hall–Kier alpha value is -3.67. The van der Waals surface area contributed by atoms with E-state index in [1.807, 2.05) is 72.3 Å². The maximum absolute atomic E-state index is 12.5. The van der Waals surface area contributed by atoms with Crippen molar-refractivity contribution >= 4 is 5.91 Å². The van der Waals surface area contributed by atoms with E-state index in [9.17, 15) is 4.79 Å². The molecular formula is C21H19N5O. The standard InChI is InChI=1S/C21H19N5O/c1-15(16-7-9-18(10-8-16)26-12-11-22-14-26)23-21(27)20-13-19(24-25-20)17-5-3-2-4-6-17/h2-15H,1H3,(H,23,27)(H,24,25). The molecule has 2 heterocycles. The fourth-order valence-electron chi connectivity index (χ4n) is 2.90. The number of imidazole rings is 1. The minimum Gasteiger partial charge on any atom is -0.344 e. The summed E-state index contributed by atoms with van der Waals surface area (Å²) in [6.07, 6.45) is 5.39. The molecule has 4 aromatic rings. The number of benzene rings is 2. The number of H-pyrrole nitrogens is 1. The minimum absolute atomic E-state index is 0.127. The molecule has 6 heteroatoms. The average molecular weight is 357 g/mol. The molecule has 0 aliphatic carbocycles. The lowest BCUT2D eigenvalue weighted by molar-refractivity contribution is 0.0935. The van der Waals surface area contributed by atoms with Crippen molar-refractivity contribution < 1.29 is 4.79 Å². The van der Waals surface area contributed by atoms with Crippen molar-refractivity contribution in [2.24, 2.45) is 0 Å². The molecule has 2 aromatic carbocycles. The Kier molecular flexibility index (Phi) is 4.53. The van der Waals surface area contributed by atoms with Gasteiger partial charge in [0, 0.05) is 23.6 Å². The molecule has 2 aromatic heterocycles. The molecular weight excluding hydrogens is 338 g/mol. The van der Waals surface area contributed by atoms with Gasteiger partial charge in [-0.05, 0) is 30.7 Å². The van der Waals surface area contributed by atoms with Gasteiger partial charge in [-0.2, -0.15) is 5.10 Å². The van der Waals surface area contributed by atoms with Gasteiger partial charge in [0.25, 0.3) is 5.91 Å². The summed E-state index contributed by atoms with van der Waals surface area (Å²) < 4.78 is 1.93. The van der Waals surface area contributed by atoms with Gasteiger partial charge in [-0.1, -0.05) is 42.5 Å². The highest BCUT2D eigenvalue weighted by Gasteiger charge is 2.14. The third kappa shape index (κ3) is 3.64. The lowest BCUT2D eigenvalue weighted by Crippen LogP contribution is -2.26. The van der Waals surface area contributed by atoms with E-state index in [-0.39, 0.29) is 11.9 Å². The van der Waals surface area contributed by atoms with Crippen LogP contribution in [-0.2, 0) is 0 Å². The maximum Gasteiger partial charge on any atom is 0.269 e. The van der Waals surface area contributed by atoms with Gasteiger partial charge < -0.3 is 9.88 Å². The van der Waals surface area contributed by atoms with Crippen LogP contribution in [0.1, 0.15) is 29.0 Å². The zero-order chi connectivity index (χ0) is 18.6. The van der Waals surface area contributed by atoms with Crippen molar-refractivity contribution in [2.45, 2.75) is 13.0 Å². The molecule has 0 radical (unpaired) electrons. The Bertz CT molecular complexity index is 1020. The first-order valence-electron chi connectivity index (χ1n) is 8.71. The number of nitrogens with one attached hydrogen (secondary N) is 2. The van der Waals surface area contributed by atoms with Gasteiger partial charge in [0.1, 0.15) is 5.69 Å². The summed E-state index contributed by atoms with van der Waals surface area (Å²) in [5.41, 5.74) is 4.20. The highest BCUT2D eigenvalue weighted by molar-refractivity contribution is 5.93. The normalized spacial score (nSPS) is 11.9. The summed E-state index contributed by atoms with van der Waals surface area (Å²) in [5.74, 6) is -0.184. The topological polar surface area (TPSA) is 75.6 Å². The van der Waals surface area contributed by atoms with Crippen molar-refractivity contribution in [1.29, 1.82) is 0 Å². The second-order valence-electron chi connectivity index (χ2n) is 6.29. The predicted octanol–water partition coefficient (Wildman–Crippen LogP) is 3.75. The summed E-state index contributed by atoms with van der Waals surface area (Å²) in [7, 11) is 0. The van der Waals surface area contributed by atoms with Crippen LogP contribution in [0.3, 0.4) is 0 Å². The monoisotopic (exact) mass is 357 g/mol. The van der Waals surface area contributed by atoms with Gasteiger partial charge in [-0.3, -0.25) is 9.89 Å². The largest absolute Gasteiger partial charge is 0.344 e. The van der Waals surface area contributed by atoms with Crippen LogP contribution in [0.5, 0.6) is 0 Å². The van der Waals surface area contributed by atoms with Crippen molar-refractivity contribution in [3.63, 3.8) is 0 Å². The number of carbonyl (C=O) groups excluding carboxylic acids is 1. The molecule has 0 aliphatic rings. The first-order chi connectivity index (χ1) is 13.2. The third-order valence-electron chi connectivity index (χ3n) is 4.44. The molecule has 27 heavy (non-hydrogen) atoms. The minimum atomic E-state index is -0.184. The molecule has 1 unspecified atom stereocenters. The summed E-state index contributed by atoms with van der Waals surface area (Å²) in [6, 6.07) is 19.4. The molecule has 0 fully saturated rings. The summed E-state index contributed by atoms with van der Waals surface area (Å²) in [5, 5.41) is 10.1. The van der Waals surface area contributed by atoms with Crippen molar-refractivity contribution in [3.8, 4) is 16.9 Å². The molecule has 6 nitrogen and oxygen atoms in total. The first-order valence-corrected chi connectivity index (χ1v) is 8.71. The maximum atomic E-state index is 12.5. The van der Waals surface area contributed by atoms with Gasteiger partial charge in [0.2, 0.25) is 0 Å². The molecule has 1 atom stereocenters. The Morgan fingerprint density at radius 1 is 1.11 bits per heavy atom. The number of aromatic nitrogens is 4. The SMILES string of the molecule is CC(NC(=O)c1cc(-c2ccccc2)n[nH]1)c1ccc(-n2ccnc2)cc1. The lowest BCUT2D eigenvalue weighted by atomic mass is 10.1. The quantitative estimate of drug-likeness (QED) is 0.571. The zero-order valence-corrected chi connectivity index (χ0v) is 14.8. The van der Waals surface area contributed by atoms with E-state index >= 15 is 0 Å². The van der Waals surface area contributed by atoms with Gasteiger partial charge in [0.05, 0.1) is 18.1 Å². The molecule has 1 amide bonds. The van der Waals surface area contributed by atoms with Crippen LogP contribution in [0.2, 0.25) is 0 Å². The van der Waals surface area contributed by atoms with Crippen LogP contribution in [0.15, 0.2) is 79.4 Å². The first kappa shape index (κ1) is 16.8. The third-order valence-corrected chi connectivity index (χ3v) is 4.44. The van der Waals surface area contributed by atoms with E-state index in [2.05, 4.69) is 20.5 Å². The van der Waals surface area contributed by atoms with E-state index in [0.717, 1.165) is 22.5 Å². The smallest absolute Gasteiger partial charge is 0.269 e. The Morgan fingerprint density at radius 2 is 1.89 bits per heavy atom. The van der Waals surface area contributed by atoms with E-state index in [1.54, 1.807) is 18.6 Å². The second kappa shape index (κ2) is 7.29. The second-order valence-corrected chi connectivity index (χ2v) is 6.29. The Balaban J connectivity index is 1.44. The molecule has 0 saturated carbocycles. The molecule has 4 rings (SSSR count). The average Bonchev–Trinajstić information content (AvgIpc) is 3.41. The molecule has 0 saturated heterocycles. The van der Waals surface area contributed by atoms with Crippen LogP contribution < -0.4 is 5.32 Å². The molecule has 0 aliphatic heterocycles. The molecule has 134 valence electrons. The number of carbonyl (C=O) groups is 1. The van der Waals surface area contributed by atoms with Crippen molar-refractivity contribution in [3.05, 3.63) is 90.6 Å². The Labute approximate surface area is 156 Å². The Morgan fingerprint density at radius 3 is 2.59 bits per heavy atom. The van der Waals surface area contributed by atoms with Crippen LogP contribution in [0, 0.1) is 0 Å². The van der Waals surface area contributed by atoms with Crippen LogP contribution in [0.25, 0.3) is 16.9 Å². The van der Waals surface area contributed by atoms with E-state index in [4.69, 9.17) is 0 Å². The number of nitrogens with zero attached hydrogens (tertiary/aromatic N) is 3. The van der Waals surface area contributed by atoms with E-state index < -0.39 is 0 Å². The van der Waals surface area contributed by atoms with Crippen LogP contribution in [-0.4, -0.2) is 25.7 Å². The highest BCUT2D eigenvalue weighted by atomic mass is 16.2. The van der Waals surface area contributed by atoms with E-state index in [1.165, 1.54) is 0 Å². The predicted molar refractivity (Wildman–Crippen MR) is 103 cm³/mol. The fraction of sp³-hybridized carbons (Fsp3) is 0.0952. The van der Waals surface area contributed by atoms with Gasteiger partial charge in [0.15, 0.2) is 0 Å². The van der Waals surface area contributed by atoms with Crippen molar-refractivity contribution in [1.82, 2.24) is 25.1 Å². The molecule has 0 bridgehead atoms. The van der Waals surface area contributed by atoms with Crippen LogP contribution >= 0.6 is 0 Å². The van der Waals surface area contributed by atoms with Gasteiger partial charge in [-0.25, -0.2) is 4.98 Å². The van der Waals surface area contributed by atoms with E-state index in [0.29, 0.717) is 5.69 Å². The summed E-state index contributed by atoms with van der Waals surface area (Å²) in [4.78, 5) is 16.6. The van der Waals surface area contributed by atoms with Gasteiger partial charge >= 0.3 is 0 Å². The number of rotatable bonds is 5. The van der Waals surface area contributed by atoms with Crippen molar-refractivity contribution in [2.75, 3.05) is 0 Å². The van der Waals surface area contributed by atoms with Crippen LogP contribution in [0.4, 0.5) is 0 Å². The highest BCUT2D eigenvalue weighted by Crippen LogP contribution is 2.19. The summed E-state index contributed by atoms with van der Waals surface area (Å²) >= 11 is 0. The number of hydrogen-bond acceptors (Lipinski definition) is 3. The number of amides is 1. The number of hydrogen-bond donors (Lipinski definition) is 2. The summed E-state index contributed by atoms with van der Waals surface area (Å²) in [6.45, 7) is 1.96. The van der Waals surface area contributed by atoms with Gasteiger partial charge in [-0.15, -0.1) is 0 Å². The number of aromatic amines is 1. The fourth-order valence-corrected chi connectivity index (χ4v) is 2.90. The lowest BCUT2D eigenvalue weighted by Gasteiger charge is -2.14. The molecule has 2 N–H and O–H groups in total.